The summed E-state index contributed by atoms with van der Waals surface area (Å²) in [6.07, 6.45) is 5.93. The molecule has 0 aliphatic rings. The predicted octanol–water partition coefficient (Wildman–Crippen LogP) is 2.95. The van der Waals surface area contributed by atoms with Gasteiger partial charge < -0.3 is 10.2 Å². The molecule has 0 aromatic heterocycles. The van der Waals surface area contributed by atoms with Crippen LogP contribution in [0.5, 0.6) is 0 Å². The summed E-state index contributed by atoms with van der Waals surface area (Å²) in [4.78, 5) is 0. The summed E-state index contributed by atoms with van der Waals surface area (Å²) in [6, 6.07) is 0. The average Bonchev–Trinajstić information content (AvgIpc) is 2.33. The van der Waals surface area contributed by atoms with E-state index in [2.05, 4.69) is 13.2 Å². The summed E-state index contributed by atoms with van der Waals surface area (Å²) >= 11 is 2.45. The lowest BCUT2D eigenvalue weighted by Gasteiger charge is -2.09. The van der Waals surface area contributed by atoms with Crippen LogP contribution in [0.4, 0.5) is 0 Å². The third-order valence-electron chi connectivity index (χ3n) is 2.03. The molecule has 0 aromatic carbocycles. The molecule has 0 fully saturated rings. The molecular formula is C12H22O3S2. The third kappa shape index (κ3) is 12.3. The number of aliphatic hydroxyl groups is 2. The van der Waals surface area contributed by atoms with Crippen LogP contribution < -0.4 is 0 Å². The standard InChI is InChI=1S/C12H22O3S2/c1-3-5-7-11(13)9-16-15-17-10-12(14)8-6-4-2/h3-4,11-14H,1-2,5-10H2. The van der Waals surface area contributed by atoms with Crippen molar-refractivity contribution in [3.05, 3.63) is 25.3 Å². The van der Waals surface area contributed by atoms with Crippen LogP contribution in [0.3, 0.4) is 0 Å². The van der Waals surface area contributed by atoms with Crippen molar-refractivity contribution in [3.63, 3.8) is 0 Å². The van der Waals surface area contributed by atoms with Gasteiger partial charge in [0.15, 0.2) is 0 Å². The maximum Gasteiger partial charge on any atom is 0.0656 e. The van der Waals surface area contributed by atoms with Crippen LogP contribution in [0.1, 0.15) is 25.7 Å². The third-order valence-corrected chi connectivity index (χ3v) is 3.84. The topological polar surface area (TPSA) is 49.7 Å². The molecule has 0 aromatic rings. The fourth-order valence-corrected chi connectivity index (χ4v) is 2.40. The first-order chi connectivity index (χ1) is 8.20. The van der Waals surface area contributed by atoms with Crippen molar-refractivity contribution in [1.29, 1.82) is 0 Å². The molecule has 0 heterocycles. The molecule has 0 amide bonds. The monoisotopic (exact) mass is 278 g/mol. The maximum atomic E-state index is 9.49. The molecule has 0 saturated carbocycles. The Morgan fingerprint density at radius 3 is 1.71 bits per heavy atom. The van der Waals surface area contributed by atoms with E-state index >= 15 is 0 Å². The van der Waals surface area contributed by atoms with E-state index in [1.54, 1.807) is 12.2 Å². The van der Waals surface area contributed by atoms with Gasteiger partial charge in [-0.25, -0.2) is 3.63 Å². The zero-order valence-electron chi connectivity index (χ0n) is 10.1. The van der Waals surface area contributed by atoms with E-state index in [4.69, 9.17) is 3.63 Å². The summed E-state index contributed by atoms with van der Waals surface area (Å²) in [5, 5.41) is 19.0. The van der Waals surface area contributed by atoms with Crippen LogP contribution >= 0.6 is 24.1 Å². The molecule has 100 valence electrons. The van der Waals surface area contributed by atoms with Gasteiger partial charge in [-0.3, -0.25) is 0 Å². The van der Waals surface area contributed by atoms with Gasteiger partial charge in [0, 0.05) is 35.6 Å². The van der Waals surface area contributed by atoms with E-state index < -0.39 is 0 Å². The molecule has 0 bridgehead atoms. The molecule has 0 saturated heterocycles. The van der Waals surface area contributed by atoms with Gasteiger partial charge in [0.1, 0.15) is 0 Å². The molecular weight excluding hydrogens is 256 g/mol. The molecule has 3 nitrogen and oxygen atoms in total. The zero-order chi connectivity index (χ0) is 12.9. The van der Waals surface area contributed by atoms with Gasteiger partial charge in [-0.1, -0.05) is 12.2 Å². The minimum absolute atomic E-state index is 0.357. The highest BCUT2D eigenvalue weighted by Gasteiger charge is 2.06. The number of hydrogen-bond donors (Lipinski definition) is 2. The van der Waals surface area contributed by atoms with Gasteiger partial charge in [0.25, 0.3) is 0 Å². The van der Waals surface area contributed by atoms with E-state index in [0.29, 0.717) is 24.3 Å². The number of allylic oxidation sites excluding steroid dienone is 2. The molecule has 17 heavy (non-hydrogen) atoms. The first-order valence-corrected chi connectivity index (χ1v) is 7.51. The molecule has 0 aliphatic carbocycles. The fraction of sp³-hybridized carbons (Fsp3) is 0.667. The highest BCUT2D eigenvalue weighted by atomic mass is 32.2. The molecule has 5 heteroatoms. The Morgan fingerprint density at radius 1 is 0.941 bits per heavy atom. The Kier molecular flexibility index (Phi) is 12.6. The smallest absolute Gasteiger partial charge is 0.0656 e. The first kappa shape index (κ1) is 17.1. The lowest BCUT2D eigenvalue weighted by molar-refractivity contribution is 0.189. The highest BCUT2D eigenvalue weighted by molar-refractivity contribution is 8.07. The minimum atomic E-state index is -0.357. The van der Waals surface area contributed by atoms with Crippen molar-refractivity contribution in [2.75, 3.05) is 11.5 Å². The summed E-state index contributed by atoms with van der Waals surface area (Å²) in [6.45, 7) is 7.20. The number of aliphatic hydroxyl groups excluding tert-OH is 2. The summed E-state index contributed by atoms with van der Waals surface area (Å²) in [5.74, 6) is 1.09. The van der Waals surface area contributed by atoms with Crippen LogP contribution in [-0.2, 0) is 3.63 Å². The normalized spacial score (nSPS) is 14.2. The van der Waals surface area contributed by atoms with Gasteiger partial charge in [0.05, 0.1) is 12.2 Å². The second kappa shape index (κ2) is 12.5. The molecule has 0 radical (unpaired) electrons. The summed E-state index contributed by atoms with van der Waals surface area (Å²) < 4.78 is 5.20. The molecule has 2 N–H and O–H groups in total. The van der Waals surface area contributed by atoms with Crippen LogP contribution in [0.2, 0.25) is 0 Å². The lowest BCUT2D eigenvalue weighted by atomic mass is 10.2. The summed E-state index contributed by atoms with van der Waals surface area (Å²) in [7, 11) is 0. The van der Waals surface area contributed by atoms with E-state index in [-0.39, 0.29) is 12.2 Å². The number of rotatable bonds is 12. The minimum Gasteiger partial charge on any atom is -0.392 e. The van der Waals surface area contributed by atoms with E-state index in [9.17, 15) is 10.2 Å². The lowest BCUT2D eigenvalue weighted by Crippen LogP contribution is -2.10. The van der Waals surface area contributed by atoms with Crippen molar-refractivity contribution < 1.29 is 13.8 Å². The second-order valence-corrected chi connectivity index (χ2v) is 5.36. The molecule has 2 unspecified atom stereocenters. The SMILES string of the molecule is C=CCCC(O)CSOSCC(O)CCC=C. The zero-order valence-corrected chi connectivity index (χ0v) is 11.7. The van der Waals surface area contributed by atoms with Gasteiger partial charge in [-0.15, -0.1) is 13.2 Å². The second-order valence-electron chi connectivity index (χ2n) is 3.68. The molecule has 2 atom stereocenters. The largest absolute Gasteiger partial charge is 0.392 e. The van der Waals surface area contributed by atoms with E-state index in [0.717, 1.165) is 12.8 Å². The predicted molar refractivity (Wildman–Crippen MR) is 76.9 cm³/mol. The van der Waals surface area contributed by atoms with Crippen LogP contribution in [0.25, 0.3) is 0 Å². The highest BCUT2D eigenvalue weighted by Crippen LogP contribution is 2.18. The van der Waals surface area contributed by atoms with Crippen LogP contribution in [0.15, 0.2) is 25.3 Å². The average molecular weight is 278 g/mol. The van der Waals surface area contributed by atoms with Crippen molar-refractivity contribution in [2.24, 2.45) is 0 Å². The van der Waals surface area contributed by atoms with E-state index in [1.807, 2.05) is 0 Å². The maximum absolute atomic E-state index is 9.49. The van der Waals surface area contributed by atoms with Crippen LogP contribution in [0, 0.1) is 0 Å². The molecule has 0 spiro atoms. The van der Waals surface area contributed by atoms with Gasteiger partial charge in [-0.2, -0.15) is 0 Å². The van der Waals surface area contributed by atoms with Crippen LogP contribution in [-0.4, -0.2) is 33.9 Å². The van der Waals surface area contributed by atoms with Gasteiger partial charge in [0.2, 0.25) is 0 Å². The van der Waals surface area contributed by atoms with Crippen molar-refractivity contribution in [1.82, 2.24) is 0 Å². The molecule has 0 rings (SSSR count). The Morgan fingerprint density at radius 2 is 1.35 bits per heavy atom. The van der Waals surface area contributed by atoms with Crippen molar-refractivity contribution in [3.8, 4) is 0 Å². The molecule has 0 aliphatic heterocycles. The Bertz CT molecular complexity index is 180. The summed E-state index contributed by atoms with van der Waals surface area (Å²) in [5.41, 5.74) is 0. The quantitative estimate of drug-likeness (QED) is 0.326. The Hall–Kier alpha value is 0.0600. The van der Waals surface area contributed by atoms with Crippen molar-refractivity contribution >= 4 is 24.1 Å². The van der Waals surface area contributed by atoms with Gasteiger partial charge >= 0.3 is 0 Å². The number of hydrogen-bond acceptors (Lipinski definition) is 5. The Labute approximate surface area is 113 Å². The first-order valence-electron chi connectivity index (χ1n) is 5.69. The van der Waals surface area contributed by atoms with Gasteiger partial charge in [-0.05, 0) is 25.7 Å². The van der Waals surface area contributed by atoms with E-state index in [1.165, 1.54) is 24.1 Å². The Balaban J connectivity index is 3.27. The fourth-order valence-electron chi connectivity index (χ4n) is 1.03. The van der Waals surface area contributed by atoms with Crippen molar-refractivity contribution in [2.45, 2.75) is 37.9 Å².